The molecule has 1 aromatic carbocycles. The molecule has 1 aliphatic carbocycles. The molecule has 40 heavy (non-hydrogen) atoms. The summed E-state index contributed by atoms with van der Waals surface area (Å²) in [5, 5.41) is 9.22. The number of hydrogen-bond acceptors (Lipinski definition) is 5. The van der Waals surface area contributed by atoms with Gasteiger partial charge in [-0.2, -0.15) is 0 Å². The zero-order chi connectivity index (χ0) is 29.4. The summed E-state index contributed by atoms with van der Waals surface area (Å²) in [7, 11) is 0. The Hall–Kier alpha value is -2.82. The third kappa shape index (κ3) is 6.72. The number of hydrogen-bond donors (Lipinski definition) is 3. The van der Waals surface area contributed by atoms with Crippen LogP contribution in [0.15, 0.2) is 24.3 Å². The van der Waals surface area contributed by atoms with E-state index in [0.29, 0.717) is 33.7 Å². The fourth-order valence-electron chi connectivity index (χ4n) is 4.43. The predicted octanol–water partition coefficient (Wildman–Crippen LogP) is 5.59. The van der Waals surface area contributed by atoms with E-state index in [9.17, 15) is 19.2 Å². The van der Waals surface area contributed by atoms with Gasteiger partial charge in [-0.25, -0.2) is 4.79 Å². The molecule has 12 heteroatoms. The number of halogens is 2. The van der Waals surface area contributed by atoms with E-state index in [-0.39, 0.29) is 47.8 Å². The molecule has 0 atom stereocenters. The second-order valence-corrected chi connectivity index (χ2v) is 13.6. The van der Waals surface area contributed by atoms with E-state index < -0.39 is 11.6 Å². The number of nitrogens with zero attached hydrogens (tertiary/aromatic N) is 2. The quantitative estimate of drug-likeness (QED) is 0.381. The van der Waals surface area contributed by atoms with Gasteiger partial charge in [0.2, 0.25) is 11.8 Å². The first-order valence-corrected chi connectivity index (χ1v) is 14.8. The van der Waals surface area contributed by atoms with Crippen molar-refractivity contribution in [1.29, 1.82) is 0 Å². The van der Waals surface area contributed by atoms with E-state index in [4.69, 9.17) is 23.2 Å². The van der Waals surface area contributed by atoms with Gasteiger partial charge in [-0.15, -0.1) is 11.3 Å². The topological polar surface area (TPSA) is 111 Å². The maximum absolute atomic E-state index is 13.9. The summed E-state index contributed by atoms with van der Waals surface area (Å²) >= 11 is 13.6. The highest BCUT2D eigenvalue weighted by molar-refractivity contribution is 7.16. The summed E-state index contributed by atoms with van der Waals surface area (Å²) in [6.07, 6.45) is 2.25. The highest BCUT2D eigenvalue weighted by Crippen LogP contribution is 2.38. The Bertz CT molecular complexity index is 1330. The van der Waals surface area contributed by atoms with Crippen molar-refractivity contribution < 1.29 is 19.2 Å². The molecule has 3 N–H and O–H groups in total. The fourth-order valence-corrected chi connectivity index (χ4v) is 5.89. The van der Waals surface area contributed by atoms with Crippen LogP contribution in [0.5, 0.6) is 0 Å². The molecule has 0 bridgehead atoms. The Labute approximate surface area is 248 Å². The minimum Gasteiger partial charge on any atom is -0.354 e. The summed E-state index contributed by atoms with van der Waals surface area (Å²) in [6, 6.07) is 6.08. The zero-order valence-corrected chi connectivity index (χ0v) is 25.6. The van der Waals surface area contributed by atoms with E-state index in [1.165, 1.54) is 21.1 Å². The van der Waals surface area contributed by atoms with Crippen molar-refractivity contribution in [3.8, 4) is 0 Å². The Morgan fingerprint density at radius 3 is 2.45 bits per heavy atom. The van der Waals surface area contributed by atoms with Gasteiger partial charge in [0.1, 0.15) is 10.5 Å². The standard InChI is InChI=1S/C28H35Cl2N5O4S/c1-27(2,3)20-13-17(23(40-20)33-26(39)32-19-8-6-7-18(29)22(19)30)24(37)35-12-11-34(25(38)28(35,4)5)15-21(36)31-14-16-9-10-16/h6-8,13,16H,9-12,14-15H2,1-5H3,(H,31,36)(H2,32,33,39). The van der Waals surface area contributed by atoms with Crippen LogP contribution in [0.3, 0.4) is 0 Å². The summed E-state index contributed by atoms with van der Waals surface area (Å²) in [5.41, 5.74) is -0.858. The minimum atomic E-state index is -1.19. The minimum absolute atomic E-state index is 0.0390. The molecule has 2 aromatic rings. The maximum atomic E-state index is 13.9. The molecule has 1 saturated heterocycles. The number of carbonyl (C=O) groups is 4. The highest BCUT2D eigenvalue weighted by Gasteiger charge is 2.45. The third-order valence-corrected chi connectivity index (χ3v) is 9.37. The molecular formula is C28H35Cl2N5O4S. The van der Waals surface area contributed by atoms with Crippen molar-refractivity contribution in [2.24, 2.45) is 5.92 Å². The lowest BCUT2D eigenvalue weighted by molar-refractivity contribution is -0.149. The molecule has 2 fully saturated rings. The largest absolute Gasteiger partial charge is 0.354 e. The number of nitrogens with one attached hydrogen (secondary N) is 3. The molecule has 216 valence electrons. The summed E-state index contributed by atoms with van der Waals surface area (Å²) in [6.45, 7) is 10.5. The van der Waals surface area contributed by atoms with Crippen molar-refractivity contribution >= 4 is 69.0 Å². The number of rotatable bonds is 7. The van der Waals surface area contributed by atoms with Gasteiger partial charge in [0, 0.05) is 24.5 Å². The first-order chi connectivity index (χ1) is 18.7. The number of piperazine rings is 1. The van der Waals surface area contributed by atoms with Gasteiger partial charge in [0.05, 0.1) is 27.8 Å². The van der Waals surface area contributed by atoms with Gasteiger partial charge < -0.3 is 20.4 Å². The number of benzene rings is 1. The molecule has 0 radical (unpaired) electrons. The lowest BCUT2D eigenvalue weighted by atomic mass is 9.93. The smallest absolute Gasteiger partial charge is 0.324 e. The SMILES string of the molecule is CC(C)(C)c1cc(C(=O)N2CCN(CC(=O)NCC3CC3)C(=O)C2(C)C)c(NC(=O)Nc2cccc(Cl)c2Cl)s1. The maximum Gasteiger partial charge on any atom is 0.324 e. The lowest BCUT2D eigenvalue weighted by Crippen LogP contribution is -2.65. The molecule has 9 nitrogen and oxygen atoms in total. The van der Waals surface area contributed by atoms with Crippen molar-refractivity contribution in [3.05, 3.63) is 44.8 Å². The van der Waals surface area contributed by atoms with Crippen molar-refractivity contribution in [1.82, 2.24) is 15.1 Å². The Balaban J connectivity index is 1.52. The van der Waals surface area contributed by atoms with Gasteiger partial charge in [0.15, 0.2) is 0 Å². The average Bonchev–Trinajstić information content (AvgIpc) is 3.60. The van der Waals surface area contributed by atoms with Crippen LogP contribution < -0.4 is 16.0 Å². The first kappa shape index (κ1) is 30.1. The molecule has 1 aromatic heterocycles. The van der Waals surface area contributed by atoms with E-state index in [0.717, 1.165) is 17.7 Å². The second-order valence-electron chi connectivity index (χ2n) is 11.8. The van der Waals surface area contributed by atoms with Gasteiger partial charge in [-0.3, -0.25) is 19.7 Å². The van der Waals surface area contributed by atoms with Gasteiger partial charge in [-0.05, 0) is 56.2 Å². The number of anilines is 2. The fraction of sp³-hybridized carbons (Fsp3) is 0.500. The molecule has 1 saturated carbocycles. The van der Waals surface area contributed by atoms with Crippen LogP contribution in [0, 0.1) is 5.92 Å². The Kier molecular flexibility index (Phi) is 8.73. The normalized spacial score (nSPS) is 17.0. The van der Waals surface area contributed by atoms with E-state index in [2.05, 4.69) is 16.0 Å². The van der Waals surface area contributed by atoms with Crippen LogP contribution in [0.4, 0.5) is 15.5 Å². The van der Waals surface area contributed by atoms with E-state index in [1.54, 1.807) is 38.1 Å². The molecule has 2 aliphatic rings. The van der Waals surface area contributed by atoms with Gasteiger partial charge in [-0.1, -0.05) is 50.0 Å². The highest BCUT2D eigenvalue weighted by atomic mass is 35.5. The molecule has 2 heterocycles. The van der Waals surface area contributed by atoms with Gasteiger partial charge in [0.25, 0.3) is 5.91 Å². The second kappa shape index (κ2) is 11.6. The number of carbonyl (C=O) groups excluding carboxylic acids is 4. The van der Waals surface area contributed by atoms with Gasteiger partial charge >= 0.3 is 6.03 Å². The van der Waals surface area contributed by atoms with Crippen LogP contribution in [-0.4, -0.2) is 65.3 Å². The third-order valence-electron chi connectivity index (χ3n) is 7.07. The predicted molar refractivity (Wildman–Crippen MR) is 160 cm³/mol. The summed E-state index contributed by atoms with van der Waals surface area (Å²) < 4.78 is 0. The first-order valence-electron chi connectivity index (χ1n) is 13.2. The van der Waals surface area contributed by atoms with Crippen LogP contribution in [-0.2, 0) is 15.0 Å². The van der Waals surface area contributed by atoms with Crippen molar-refractivity contribution in [2.75, 3.05) is 36.8 Å². The molecule has 1 aliphatic heterocycles. The molecule has 5 amide bonds. The molecule has 0 unspecified atom stereocenters. The van der Waals surface area contributed by atoms with Crippen molar-refractivity contribution in [3.63, 3.8) is 0 Å². The van der Waals surface area contributed by atoms with E-state index in [1.807, 2.05) is 20.8 Å². The number of urea groups is 1. The molecule has 0 spiro atoms. The van der Waals surface area contributed by atoms with E-state index >= 15 is 0 Å². The average molecular weight is 609 g/mol. The number of amides is 5. The monoisotopic (exact) mass is 607 g/mol. The Morgan fingerprint density at radius 1 is 1.10 bits per heavy atom. The zero-order valence-electron chi connectivity index (χ0n) is 23.3. The van der Waals surface area contributed by atoms with Crippen LogP contribution in [0.2, 0.25) is 10.0 Å². The lowest BCUT2D eigenvalue weighted by Gasteiger charge is -2.45. The summed E-state index contributed by atoms with van der Waals surface area (Å²) in [4.78, 5) is 56.6. The Morgan fingerprint density at radius 2 is 1.80 bits per heavy atom. The molecular weight excluding hydrogens is 573 g/mol. The van der Waals surface area contributed by atoms with Crippen molar-refractivity contribution in [2.45, 2.75) is 58.4 Å². The summed E-state index contributed by atoms with van der Waals surface area (Å²) in [5.74, 6) is -0.330. The van der Waals surface area contributed by atoms with Crippen LogP contribution in [0.25, 0.3) is 0 Å². The molecule has 4 rings (SSSR count). The van der Waals surface area contributed by atoms with Crippen LogP contribution in [0.1, 0.15) is 62.7 Å². The van der Waals surface area contributed by atoms with Crippen LogP contribution >= 0.6 is 34.5 Å². The number of thiophene rings is 1.